The molecule has 0 bridgehead atoms. The maximum atomic E-state index is 6.53. The van der Waals surface area contributed by atoms with E-state index in [9.17, 15) is 0 Å². The van der Waals surface area contributed by atoms with Gasteiger partial charge in [-0.1, -0.05) is 23.7 Å². The molecule has 0 spiro atoms. The van der Waals surface area contributed by atoms with Crippen LogP contribution in [0.4, 0.5) is 0 Å². The minimum Gasteiger partial charge on any atom is -0.492 e. The lowest BCUT2D eigenvalue weighted by Gasteiger charge is -2.10. The number of benzene rings is 1. The number of nitrogens with zero attached hydrogens (tertiary/aromatic N) is 7. The molecule has 0 radical (unpaired) electrons. The van der Waals surface area contributed by atoms with Crippen molar-refractivity contribution in [2.24, 2.45) is 0 Å². The number of hydrogen-bond donors (Lipinski definition) is 0. The molecule has 11 heteroatoms. The van der Waals surface area contributed by atoms with Gasteiger partial charge >= 0.3 is 0 Å². The molecule has 0 N–H and O–H groups in total. The molecule has 5 rings (SSSR count). The van der Waals surface area contributed by atoms with Gasteiger partial charge in [-0.05, 0) is 43.3 Å². The summed E-state index contributed by atoms with van der Waals surface area (Å²) in [5, 5.41) is 17.5. The Morgan fingerprint density at radius 2 is 1.89 bits per heavy atom. The number of para-hydroxylation sites is 1. The van der Waals surface area contributed by atoms with Crippen molar-refractivity contribution in [2.45, 2.75) is 6.92 Å². The molecule has 0 fully saturated rings. The molecule has 0 atom stereocenters. The van der Waals surface area contributed by atoms with Gasteiger partial charge in [0, 0.05) is 23.9 Å². The summed E-state index contributed by atoms with van der Waals surface area (Å²) in [6.45, 7) is 2.47. The molecule has 0 amide bonds. The Morgan fingerprint density at radius 3 is 2.67 bits per heavy atom. The fraction of sp³-hybridized carbons (Fsp3) is 0.120. The van der Waals surface area contributed by atoms with Gasteiger partial charge < -0.3 is 13.9 Å². The number of halogens is 1. The maximum Gasteiger partial charge on any atom is 0.248 e. The maximum absolute atomic E-state index is 6.53. The first kappa shape index (κ1) is 23.2. The minimum absolute atomic E-state index is 0.287. The van der Waals surface area contributed by atoms with Crippen LogP contribution in [0.2, 0.25) is 5.02 Å². The molecule has 1 aromatic carbocycles. The zero-order valence-corrected chi connectivity index (χ0v) is 20.1. The normalized spacial score (nSPS) is 11.2. The van der Waals surface area contributed by atoms with E-state index >= 15 is 0 Å². The molecule has 36 heavy (non-hydrogen) atoms. The van der Waals surface area contributed by atoms with Gasteiger partial charge in [0.25, 0.3) is 0 Å². The van der Waals surface area contributed by atoms with E-state index in [4.69, 9.17) is 25.5 Å². The average Bonchev–Trinajstić information content (AvgIpc) is 3.56. The molecule has 0 saturated carbocycles. The van der Waals surface area contributed by atoms with Gasteiger partial charge in [-0.3, -0.25) is 4.57 Å². The van der Waals surface area contributed by atoms with E-state index in [0.717, 1.165) is 0 Å². The quantitative estimate of drug-likeness (QED) is 0.289. The molecule has 0 saturated heterocycles. The number of ether oxygens (including phenoxy) is 2. The second-order valence-electron chi connectivity index (χ2n) is 7.35. The van der Waals surface area contributed by atoms with Crippen LogP contribution in [0.1, 0.15) is 18.6 Å². The summed E-state index contributed by atoms with van der Waals surface area (Å²) >= 11 is 6.53. The van der Waals surface area contributed by atoms with Crippen LogP contribution in [0.5, 0.6) is 11.6 Å². The Bertz CT molecular complexity index is 1510. The Labute approximate surface area is 211 Å². The molecule has 4 aromatic heterocycles. The lowest BCUT2D eigenvalue weighted by Crippen LogP contribution is -2.02. The van der Waals surface area contributed by atoms with E-state index in [1.807, 2.05) is 41.8 Å². The van der Waals surface area contributed by atoms with Crippen molar-refractivity contribution in [3.63, 3.8) is 0 Å². The summed E-state index contributed by atoms with van der Waals surface area (Å²) in [6, 6.07) is 14.5. The van der Waals surface area contributed by atoms with Crippen molar-refractivity contribution >= 4 is 23.8 Å². The highest BCUT2D eigenvalue weighted by molar-refractivity contribution is 6.32. The van der Waals surface area contributed by atoms with Crippen molar-refractivity contribution in [2.75, 3.05) is 13.7 Å². The largest absolute Gasteiger partial charge is 0.492 e. The Hall–Kier alpha value is -4.57. The number of aromatic nitrogens is 7. The third-order valence-corrected chi connectivity index (χ3v) is 5.38. The van der Waals surface area contributed by atoms with Crippen molar-refractivity contribution in [1.82, 2.24) is 34.9 Å². The molecular formula is C25H20ClN7O3. The molecular weight excluding hydrogens is 482 g/mol. The highest BCUT2D eigenvalue weighted by Gasteiger charge is 2.18. The molecule has 10 nitrogen and oxygen atoms in total. The van der Waals surface area contributed by atoms with Crippen LogP contribution in [0.15, 0.2) is 65.3 Å². The molecule has 0 aliphatic rings. The standard InChI is InChI=1S/C25H20ClN7O3/c1-3-35-17-8-9-19(28-15-17)24-31-29-21(33(24)20-7-5-4-6-18(20)26)10-11-22-30-32-25(36-22)16-12-13-27-23(14-16)34-2/h4-15H,3H2,1-2H3. The zero-order chi connectivity index (χ0) is 24.9. The van der Waals surface area contributed by atoms with E-state index in [1.54, 1.807) is 49.9 Å². The topological polar surface area (TPSA) is 114 Å². The zero-order valence-electron chi connectivity index (χ0n) is 19.4. The van der Waals surface area contributed by atoms with Crippen LogP contribution in [-0.2, 0) is 0 Å². The summed E-state index contributed by atoms with van der Waals surface area (Å²) in [6.07, 6.45) is 6.63. The van der Waals surface area contributed by atoms with Gasteiger partial charge in [-0.2, -0.15) is 0 Å². The summed E-state index contributed by atoms with van der Waals surface area (Å²) in [5.41, 5.74) is 2.00. The third-order valence-electron chi connectivity index (χ3n) is 5.06. The first-order valence-electron chi connectivity index (χ1n) is 11.0. The van der Waals surface area contributed by atoms with Crippen molar-refractivity contribution in [1.29, 1.82) is 0 Å². The SMILES string of the molecule is CCOc1ccc(-c2nnc(C=Cc3nnc(-c4ccnc(OC)c4)o3)n2-c2ccccc2Cl)nc1. The molecule has 4 heterocycles. The van der Waals surface area contributed by atoms with Gasteiger partial charge in [0.15, 0.2) is 11.6 Å². The van der Waals surface area contributed by atoms with Crippen molar-refractivity contribution in [3.8, 4) is 40.3 Å². The first-order chi connectivity index (χ1) is 17.7. The third kappa shape index (κ3) is 4.80. The van der Waals surface area contributed by atoms with Crippen LogP contribution in [0, 0.1) is 0 Å². The highest BCUT2D eigenvalue weighted by atomic mass is 35.5. The number of rotatable bonds is 8. The van der Waals surface area contributed by atoms with E-state index < -0.39 is 0 Å². The molecule has 0 aliphatic heterocycles. The first-order valence-corrected chi connectivity index (χ1v) is 11.4. The number of pyridine rings is 2. The van der Waals surface area contributed by atoms with E-state index in [1.165, 1.54) is 0 Å². The molecule has 0 aliphatic carbocycles. The number of hydrogen-bond acceptors (Lipinski definition) is 9. The molecule has 0 unspecified atom stereocenters. The summed E-state index contributed by atoms with van der Waals surface area (Å²) in [5.74, 6) is 2.76. The highest BCUT2D eigenvalue weighted by Crippen LogP contribution is 2.28. The minimum atomic E-state index is 0.287. The van der Waals surface area contributed by atoms with Crippen molar-refractivity contribution < 1.29 is 13.9 Å². The lowest BCUT2D eigenvalue weighted by atomic mass is 10.2. The Balaban J connectivity index is 1.51. The van der Waals surface area contributed by atoms with Crippen LogP contribution >= 0.6 is 11.6 Å². The smallest absolute Gasteiger partial charge is 0.248 e. The van der Waals surface area contributed by atoms with Crippen LogP contribution < -0.4 is 9.47 Å². The number of methoxy groups -OCH3 is 1. The van der Waals surface area contributed by atoms with Gasteiger partial charge in [-0.25, -0.2) is 9.97 Å². The second-order valence-corrected chi connectivity index (χ2v) is 7.75. The lowest BCUT2D eigenvalue weighted by molar-refractivity contribution is 0.339. The average molecular weight is 502 g/mol. The van der Waals surface area contributed by atoms with E-state index in [0.29, 0.717) is 57.7 Å². The second kappa shape index (κ2) is 10.4. The fourth-order valence-corrected chi connectivity index (χ4v) is 3.64. The fourth-order valence-electron chi connectivity index (χ4n) is 3.42. The summed E-state index contributed by atoms with van der Waals surface area (Å²) < 4.78 is 18.3. The van der Waals surface area contributed by atoms with Crippen LogP contribution in [0.25, 0.3) is 40.8 Å². The Morgan fingerprint density at radius 1 is 1.00 bits per heavy atom. The van der Waals surface area contributed by atoms with Crippen molar-refractivity contribution in [3.05, 3.63) is 77.7 Å². The predicted molar refractivity (Wildman–Crippen MR) is 134 cm³/mol. The van der Waals surface area contributed by atoms with Crippen LogP contribution in [0.3, 0.4) is 0 Å². The van der Waals surface area contributed by atoms with E-state index in [2.05, 4.69) is 30.4 Å². The van der Waals surface area contributed by atoms with E-state index in [-0.39, 0.29) is 5.89 Å². The predicted octanol–water partition coefficient (Wildman–Crippen LogP) is 5.01. The van der Waals surface area contributed by atoms with Gasteiger partial charge in [0.05, 0.1) is 30.6 Å². The van der Waals surface area contributed by atoms with Gasteiger partial charge in [-0.15, -0.1) is 20.4 Å². The Kier molecular flexibility index (Phi) is 6.67. The molecule has 5 aromatic rings. The summed E-state index contributed by atoms with van der Waals surface area (Å²) in [4.78, 5) is 8.58. The monoisotopic (exact) mass is 501 g/mol. The van der Waals surface area contributed by atoms with Gasteiger partial charge in [0.2, 0.25) is 17.7 Å². The summed E-state index contributed by atoms with van der Waals surface area (Å²) in [7, 11) is 1.54. The van der Waals surface area contributed by atoms with Crippen LogP contribution in [-0.4, -0.2) is 48.6 Å². The van der Waals surface area contributed by atoms with Gasteiger partial charge in [0.1, 0.15) is 11.4 Å². The molecule has 180 valence electrons.